The summed E-state index contributed by atoms with van der Waals surface area (Å²) >= 11 is 0. The van der Waals surface area contributed by atoms with Crippen molar-refractivity contribution in [2.45, 2.75) is 31.3 Å². The van der Waals surface area contributed by atoms with Gasteiger partial charge in [-0.2, -0.15) is 5.11 Å². The van der Waals surface area contributed by atoms with Gasteiger partial charge in [-0.25, -0.2) is 9.40 Å². The van der Waals surface area contributed by atoms with Crippen LogP contribution in [0.3, 0.4) is 0 Å². The zero-order valence-electron chi connectivity index (χ0n) is 9.46. The Hall–Kier alpha value is -1.45. The molecule has 0 N–H and O–H groups in total. The maximum atomic E-state index is 12.9. The highest BCUT2D eigenvalue weighted by Crippen LogP contribution is 2.51. The molecule has 17 heavy (non-hydrogen) atoms. The lowest BCUT2D eigenvalue weighted by atomic mass is 9.91. The third kappa shape index (κ3) is 1.27. The van der Waals surface area contributed by atoms with E-state index in [0.717, 1.165) is 17.5 Å². The fraction of sp³-hybridized carbons (Fsp3) is 0.538. The molecule has 0 saturated heterocycles. The average molecular weight is 231 g/mol. The number of benzene rings is 1. The zero-order valence-corrected chi connectivity index (χ0v) is 9.46. The number of hydrogen-bond acceptors (Lipinski definition) is 3. The molecular weight excluding hydrogens is 217 g/mol. The van der Waals surface area contributed by atoms with Crippen LogP contribution in [0.25, 0.3) is 0 Å². The molecule has 0 unspecified atom stereocenters. The Balaban J connectivity index is 1.68. The first-order valence-electron chi connectivity index (χ1n) is 6.28. The van der Waals surface area contributed by atoms with Gasteiger partial charge in [-0.15, -0.1) is 0 Å². The van der Waals surface area contributed by atoms with E-state index in [1.54, 1.807) is 12.1 Å². The van der Waals surface area contributed by atoms with Gasteiger partial charge in [0, 0.05) is 0 Å². The monoisotopic (exact) mass is 231 g/mol. The van der Waals surface area contributed by atoms with Crippen molar-refractivity contribution in [2.24, 2.45) is 22.2 Å². The minimum Gasteiger partial charge on any atom is -0.242 e. The zero-order chi connectivity index (χ0) is 11.4. The van der Waals surface area contributed by atoms with Crippen LogP contribution in [-0.4, -0.2) is 12.1 Å². The Morgan fingerprint density at radius 2 is 1.88 bits per heavy atom. The van der Waals surface area contributed by atoms with Crippen LogP contribution in [0.1, 0.15) is 19.3 Å². The molecule has 4 rings (SSSR count). The Morgan fingerprint density at radius 1 is 1.12 bits per heavy atom. The second-order valence-corrected chi connectivity index (χ2v) is 5.34. The smallest absolute Gasteiger partial charge is 0.123 e. The van der Waals surface area contributed by atoms with Gasteiger partial charge in [0.15, 0.2) is 0 Å². The Labute approximate surface area is 99.3 Å². The van der Waals surface area contributed by atoms with Crippen LogP contribution in [-0.2, 0) is 0 Å². The van der Waals surface area contributed by atoms with E-state index >= 15 is 0 Å². The number of hydrogen-bond donors (Lipinski definition) is 0. The summed E-state index contributed by atoms with van der Waals surface area (Å²) in [6.45, 7) is 0. The van der Waals surface area contributed by atoms with E-state index in [4.69, 9.17) is 0 Å². The van der Waals surface area contributed by atoms with Gasteiger partial charge >= 0.3 is 0 Å². The van der Waals surface area contributed by atoms with E-state index in [2.05, 4.69) is 10.3 Å². The number of halogens is 1. The van der Waals surface area contributed by atoms with Crippen molar-refractivity contribution in [3.63, 3.8) is 0 Å². The molecule has 1 aromatic carbocycles. The summed E-state index contributed by atoms with van der Waals surface area (Å²) in [7, 11) is 0. The number of anilines is 1. The molecular formula is C13H14FN3. The summed E-state index contributed by atoms with van der Waals surface area (Å²) in [6, 6.07) is 7.39. The van der Waals surface area contributed by atoms with E-state index in [9.17, 15) is 4.39 Å². The summed E-state index contributed by atoms with van der Waals surface area (Å²) in [5, 5.41) is 10.7. The lowest BCUT2D eigenvalue weighted by Crippen LogP contribution is -2.39. The molecule has 0 radical (unpaired) electrons. The van der Waals surface area contributed by atoms with E-state index in [-0.39, 0.29) is 5.82 Å². The fourth-order valence-electron chi connectivity index (χ4n) is 3.73. The third-order valence-electron chi connectivity index (χ3n) is 4.48. The molecule has 2 aliphatic carbocycles. The summed E-state index contributed by atoms with van der Waals surface area (Å²) in [4.78, 5) is 0. The summed E-state index contributed by atoms with van der Waals surface area (Å²) < 4.78 is 12.9. The number of fused-ring (bicyclic) bond motifs is 5. The van der Waals surface area contributed by atoms with Crippen LogP contribution in [0.4, 0.5) is 10.1 Å². The minimum absolute atomic E-state index is 0.200. The molecule has 88 valence electrons. The van der Waals surface area contributed by atoms with Gasteiger partial charge in [-0.05, 0) is 55.4 Å². The quantitative estimate of drug-likeness (QED) is 0.729. The van der Waals surface area contributed by atoms with Crippen molar-refractivity contribution in [2.75, 3.05) is 5.01 Å². The highest BCUT2D eigenvalue weighted by Gasteiger charge is 2.53. The van der Waals surface area contributed by atoms with Gasteiger partial charge < -0.3 is 0 Å². The molecule has 0 aromatic heterocycles. The lowest BCUT2D eigenvalue weighted by Gasteiger charge is -2.28. The second kappa shape index (κ2) is 3.28. The largest absolute Gasteiger partial charge is 0.242 e. The predicted octanol–water partition coefficient (Wildman–Crippen LogP) is 3.18. The number of nitrogens with zero attached hydrogens (tertiary/aromatic N) is 3. The molecule has 2 fully saturated rings. The summed E-state index contributed by atoms with van der Waals surface area (Å²) in [6.07, 6.45) is 3.91. The van der Waals surface area contributed by atoms with E-state index < -0.39 is 0 Å². The van der Waals surface area contributed by atoms with Crippen LogP contribution >= 0.6 is 0 Å². The van der Waals surface area contributed by atoms with Gasteiger partial charge in [0.1, 0.15) is 5.82 Å². The maximum absolute atomic E-state index is 12.9. The van der Waals surface area contributed by atoms with Crippen molar-refractivity contribution in [3.05, 3.63) is 30.1 Å². The maximum Gasteiger partial charge on any atom is 0.123 e. The lowest BCUT2D eigenvalue weighted by molar-refractivity contribution is 0.383. The molecule has 2 bridgehead atoms. The van der Waals surface area contributed by atoms with Gasteiger partial charge in [0.25, 0.3) is 0 Å². The Morgan fingerprint density at radius 3 is 2.71 bits per heavy atom. The number of rotatable bonds is 1. The molecule has 0 spiro atoms. The van der Waals surface area contributed by atoms with Crippen molar-refractivity contribution >= 4 is 5.69 Å². The molecule has 1 aliphatic heterocycles. The molecule has 3 nitrogen and oxygen atoms in total. The van der Waals surface area contributed by atoms with Gasteiger partial charge in [0.2, 0.25) is 0 Å². The van der Waals surface area contributed by atoms with Crippen LogP contribution in [0, 0.1) is 17.7 Å². The average Bonchev–Trinajstić information content (AvgIpc) is 3.02. The van der Waals surface area contributed by atoms with Gasteiger partial charge in [-0.1, -0.05) is 5.22 Å². The molecule has 1 aromatic rings. The first kappa shape index (κ1) is 9.57. The normalized spacial score (nSPS) is 37.8. The first-order chi connectivity index (χ1) is 8.33. The van der Waals surface area contributed by atoms with Crippen molar-refractivity contribution in [1.82, 2.24) is 0 Å². The van der Waals surface area contributed by atoms with Crippen molar-refractivity contribution < 1.29 is 4.39 Å². The van der Waals surface area contributed by atoms with E-state index in [0.29, 0.717) is 12.1 Å². The molecule has 4 heteroatoms. The second-order valence-electron chi connectivity index (χ2n) is 5.34. The predicted molar refractivity (Wildman–Crippen MR) is 62.1 cm³/mol. The highest BCUT2D eigenvalue weighted by atomic mass is 19.1. The standard InChI is InChI=1S/C13H14FN3/c14-10-3-5-11(6-4-10)17-13-9-2-1-8(7-9)12(13)15-16-17/h3-6,8-9,12-13H,1-2,7H2/t8-,9+,12+,13-/m0/s1. The van der Waals surface area contributed by atoms with Gasteiger partial charge in [0.05, 0.1) is 17.8 Å². The summed E-state index contributed by atoms with van der Waals surface area (Å²) in [5.41, 5.74) is 0.968. The fourth-order valence-corrected chi connectivity index (χ4v) is 3.73. The SMILES string of the molecule is Fc1ccc(N2N=N[C@@H]3[C@H]4CC[C@H](C4)[C@@H]32)cc1. The third-order valence-corrected chi connectivity index (χ3v) is 4.48. The van der Waals surface area contributed by atoms with Crippen LogP contribution in [0.5, 0.6) is 0 Å². The molecule has 0 amide bonds. The topological polar surface area (TPSA) is 28.0 Å². The molecule has 1 heterocycles. The van der Waals surface area contributed by atoms with Crippen molar-refractivity contribution in [3.8, 4) is 0 Å². The highest BCUT2D eigenvalue weighted by molar-refractivity contribution is 5.48. The van der Waals surface area contributed by atoms with Crippen LogP contribution < -0.4 is 5.01 Å². The molecule has 2 saturated carbocycles. The first-order valence-corrected chi connectivity index (χ1v) is 6.28. The molecule has 3 aliphatic rings. The minimum atomic E-state index is -0.200. The Kier molecular flexibility index (Phi) is 1.84. The van der Waals surface area contributed by atoms with Gasteiger partial charge in [-0.3, -0.25) is 0 Å². The van der Waals surface area contributed by atoms with E-state index in [1.165, 1.54) is 31.4 Å². The summed E-state index contributed by atoms with van der Waals surface area (Å²) in [5.74, 6) is 1.26. The molecule has 4 atom stereocenters. The van der Waals surface area contributed by atoms with E-state index in [1.807, 2.05) is 5.01 Å². The Bertz CT molecular complexity index is 470. The van der Waals surface area contributed by atoms with Crippen LogP contribution in [0.2, 0.25) is 0 Å². The van der Waals surface area contributed by atoms with Crippen molar-refractivity contribution in [1.29, 1.82) is 0 Å². The van der Waals surface area contributed by atoms with Crippen LogP contribution in [0.15, 0.2) is 34.6 Å².